The lowest BCUT2D eigenvalue weighted by molar-refractivity contribution is 0.122. The molecule has 128 valence electrons. The molecule has 0 amide bonds. The minimum absolute atomic E-state index is 0.488. The maximum Gasteiger partial charge on any atom is 0.162 e. The molecule has 6 nitrogen and oxygen atoms in total. The first kappa shape index (κ1) is 15.4. The predicted molar refractivity (Wildman–Crippen MR) is 92.3 cm³/mol. The van der Waals surface area contributed by atoms with E-state index in [0.717, 1.165) is 48.8 Å². The van der Waals surface area contributed by atoms with E-state index in [4.69, 9.17) is 24.2 Å². The summed E-state index contributed by atoms with van der Waals surface area (Å²) in [6, 6.07) is 3.95. The number of morpholine rings is 1. The van der Waals surface area contributed by atoms with Gasteiger partial charge >= 0.3 is 0 Å². The first-order valence-electron chi connectivity index (χ1n) is 8.56. The van der Waals surface area contributed by atoms with Gasteiger partial charge in [0.1, 0.15) is 11.6 Å². The second-order valence-electron chi connectivity index (χ2n) is 6.36. The third-order valence-corrected chi connectivity index (χ3v) is 4.98. The molecule has 2 aromatic rings. The lowest BCUT2D eigenvalue weighted by Crippen LogP contribution is -2.37. The van der Waals surface area contributed by atoms with Gasteiger partial charge in [-0.15, -0.1) is 0 Å². The van der Waals surface area contributed by atoms with E-state index in [-0.39, 0.29) is 0 Å². The Bertz CT molecular complexity index is 740. The number of benzene rings is 1. The summed E-state index contributed by atoms with van der Waals surface area (Å²) in [5.74, 6) is 3.85. The molecule has 24 heavy (non-hydrogen) atoms. The highest BCUT2D eigenvalue weighted by atomic mass is 16.5. The van der Waals surface area contributed by atoms with E-state index in [1.54, 1.807) is 14.2 Å². The molecule has 1 aliphatic heterocycles. The second-order valence-corrected chi connectivity index (χ2v) is 6.36. The SMILES string of the molecule is COc1cc2nc(C3CCC3)nc(N3CCOCC3)c2cc1OC. The molecule has 1 saturated heterocycles. The summed E-state index contributed by atoms with van der Waals surface area (Å²) in [6.07, 6.45) is 3.63. The highest BCUT2D eigenvalue weighted by Gasteiger charge is 2.26. The van der Waals surface area contributed by atoms with Crippen LogP contribution in [0.25, 0.3) is 10.9 Å². The molecule has 0 spiro atoms. The van der Waals surface area contributed by atoms with Crippen LogP contribution >= 0.6 is 0 Å². The fourth-order valence-corrected chi connectivity index (χ4v) is 3.32. The molecule has 1 saturated carbocycles. The molecule has 6 heteroatoms. The minimum Gasteiger partial charge on any atom is -0.493 e. The molecule has 0 atom stereocenters. The van der Waals surface area contributed by atoms with Crippen molar-refractivity contribution in [2.24, 2.45) is 0 Å². The number of fused-ring (bicyclic) bond motifs is 1. The van der Waals surface area contributed by atoms with Crippen molar-refractivity contribution < 1.29 is 14.2 Å². The lowest BCUT2D eigenvalue weighted by atomic mass is 9.85. The summed E-state index contributed by atoms with van der Waals surface area (Å²) in [5, 5.41) is 1.01. The molecule has 1 aromatic carbocycles. The Hall–Kier alpha value is -2.08. The van der Waals surface area contributed by atoms with Gasteiger partial charge in [0.2, 0.25) is 0 Å². The van der Waals surface area contributed by atoms with Gasteiger partial charge in [-0.25, -0.2) is 9.97 Å². The summed E-state index contributed by atoms with van der Waals surface area (Å²) < 4.78 is 16.4. The predicted octanol–water partition coefficient (Wildman–Crippen LogP) is 2.75. The highest BCUT2D eigenvalue weighted by molar-refractivity contribution is 5.92. The van der Waals surface area contributed by atoms with Crippen molar-refractivity contribution in [2.75, 3.05) is 45.4 Å². The Kier molecular flexibility index (Phi) is 4.14. The van der Waals surface area contributed by atoms with Crippen molar-refractivity contribution in [3.05, 3.63) is 18.0 Å². The molecule has 4 rings (SSSR count). The highest BCUT2D eigenvalue weighted by Crippen LogP contribution is 2.39. The molecule has 1 aliphatic carbocycles. The van der Waals surface area contributed by atoms with Crippen molar-refractivity contribution in [3.8, 4) is 11.5 Å². The maximum atomic E-state index is 5.49. The van der Waals surface area contributed by atoms with E-state index < -0.39 is 0 Å². The van der Waals surface area contributed by atoms with Gasteiger partial charge in [-0.1, -0.05) is 6.42 Å². The zero-order valence-electron chi connectivity index (χ0n) is 14.2. The largest absolute Gasteiger partial charge is 0.493 e. The molecule has 0 bridgehead atoms. The monoisotopic (exact) mass is 329 g/mol. The van der Waals surface area contributed by atoms with Gasteiger partial charge in [0.05, 0.1) is 33.0 Å². The molecule has 0 radical (unpaired) electrons. The molecular weight excluding hydrogens is 306 g/mol. The Morgan fingerprint density at radius 2 is 1.75 bits per heavy atom. The van der Waals surface area contributed by atoms with Crippen LogP contribution in [-0.4, -0.2) is 50.5 Å². The van der Waals surface area contributed by atoms with Crippen molar-refractivity contribution in [1.29, 1.82) is 0 Å². The standard InChI is InChI=1S/C18H23N3O3/c1-22-15-10-13-14(11-16(15)23-2)19-17(12-4-3-5-12)20-18(13)21-6-8-24-9-7-21/h10-12H,3-9H2,1-2H3. The summed E-state index contributed by atoms with van der Waals surface area (Å²) in [4.78, 5) is 12.1. The lowest BCUT2D eigenvalue weighted by Gasteiger charge is -2.31. The molecule has 2 heterocycles. The van der Waals surface area contributed by atoms with E-state index in [0.29, 0.717) is 17.4 Å². The van der Waals surface area contributed by atoms with Gasteiger partial charge in [-0.2, -0.15) is 0 Å². The second kappa shape index (κ2) is 6.43. The maximum absolute atomic E-state index is 5.49. The first-order valence-corrected chi connectivity index (χ1v) is 8.56. The average molecular weight is 329 g/mol. The van der Waals surface area contributed by atoms with Crippen LogP contribution in [0, 0.1) is 0 Å². The van der Waals surface area contributed by atoms with Crippen LogP contribution in [0.1, 0.15) is 31.0 Å². The van der Waals surface area contributed by atoms with Gasteiger partial charge in [0.25, 0.3) is 0 Å². The number of hydrogen-bond donors (Lipinski definition) is 0. The van der Waals surface area contributed by atoms with E-state index in [2.05, 4.69) is 4.90 Å². The van der Waals surface area contributed by atoms with Crippen LogP contribution in [0.2, 0.25) is 0 Å². The number of hydrogen-bond acceptors (Lipinski definition) is 6. The first-order chi connectivity index (χ1) is 11.8. The topological polar surface area (TPSA) is 56.7 Å². The third kappa shape index (κ3) is 2.65. The minimum atomic E-state index is 0.488. The van der Waals surface area contributed by atoms with E-state index >= 15 is 0 Å². The van der Waals surface area contributed by atoms with E-state index in [9.17, 15) is 0 Å². The Balaban J connectivity index is 1.88. The van der Waals surface area contributed by atoms with Crippen LogP contribution in [0.5, 0.6) is 11.5 Å². The Labute approximate surface area is 141 Å². The average Bonchev–Trinajstić information content (AvgIpc) is 2.59. The zero-order valence-corrected chi connectivity index (χ0v) is 14.2. The van der Waals surface area contributed by atoms with Crippen LogP contribution in [0.15, 0.2) is 12.1 Å². The van der Waals surface area contributed by atoms with Crippen molar-refractivity contribution in [2.45, 2.75) is 25.2 Å². The molecule has 1 aromatic heterocycles. The number of nitrogens with zero attached hydrogens (tertiary/aromatic N) is 3. The fraction of sp³-hybridized carbons (Fsp3) is 0.556. The summed E-state index contributed by atoms with van der Waals surface area (Å²) in [7, 11) is 3.31. The van der Waals surface area contributed by atoms with Crippen LogP contribution in [-0.2, 0) is 4.74 Å². The van der Waals surface area contributed by atoms with Gasteiger partial charge in [0.15, 0.2) is 11.5 Å². The van der Waals surface area contributed by atoms with Crippen LogP contribution < -0.4 is 14.4 Å². The van der Waals surface area contributed by atoms with Gasteiger partial charge < -0.3 is 19.1 Å². The smallest absolute Gasteiger partial charge is 0.162 e. The van der Waals surface area contributed by atoms with Gasteiger partial charge in [-0.05, 0) is 18.9 Å². The number of rotatable bonds is 4. The summed E-state index contributed by atoms with van der Waals surface area (Å²) in [5.41, 5.74) is 0.922. The normalized spacial score (nSPS) is 18.5. The van der Waals surface area contributed by atoms with Crippen LogP contribution in [0.3, 0.4) is 0 Å². The summed E-state index contributed by atoms with van der Waals surface area (Å²) >= 11 is 0. The molecule has 2 fully saturated rings. The number of ether oxygens (including phenoxy) is 3. The molecule has 2 aliphatic rings. The number of aromatic nitrogens is 2. The fourth-order valence-electron chi connectivity index (χ4n) is 3.32. The van der Waals surface area contributed by atoms with Crippen molar-refractivity contribution in [3.63, 3.8) is 0 Å². The van der Waals surface area contributed by atoms with E-state index in [1.807, 2.05) is 12.1 Å². The zero-order chi connectivity index (χ0) is 16.5. The van der Waals surface area contributed by atoms with E-state index in [1.165, 1.54) is 19.3 Å². The van der Waals surface area contributed by atoms with Crippen molar-refractivity contribution >= 4 is 16.7 Å². The van der Waals surface area contributed by atoms with Crippen molar-refractivity contribution in [1.82, 2.24) is 9.97 Å². The molecule has 0 unspecified atom stereocenters. The third-order valence-electron chi connectivity index (χ3n) is 4.98. The quantitative estimate of drug-likeness (QED) is 0.860. The van der Waals surface area contributed by atoms with Gasteiger partial charge in [-0.3, -0.25) is 0 Å². The number of anilines is 1. The summed E-state index contributed by atoms with van der Waals surface area (Å²) in [6.45, 7) is 3.17. The van der Waals surface area contributed by atoms with Crippen LogP contribution in [0.4, 0.5) is 5.82 Å². The Morgan fingerprint density at radius 1 is 1.04 bits per heavy atom. The molecular formula is C18H23N3O3. The molecule has 0 N–H and O–H groups in total. The van der Waals surface area contributed by atoms with Gasteiger partial charge in [0, 0.05) is 30.5 Å². The Morgan fingerprint density at radius 3 is 2.38 bits per heavy atom. The number of methoxy groups -OCH3 is 2.